The van der Waals surface area contributed by atoms with Crippen molar-refractivity contribution in [2.75, 3.05) is 6.61 Å². The van der Waals surface area contributed by atoms with E-state index in [1.165, 1.54) is 28.8 Å². The minimum atomic E-state index is 0.686. The molecule has 21 heavy (non-hydrogen) atoms. The van der Waals surface area contributed by atoms with Crippen molar-refractivity contribution in [1.82, 2.24) is 10.3 Å². The Morgan fingerprint density at radius 1 is 1.29 bits per heavy atom. The molecule has 3 rings (SSSR count). The summed E-state index contributed by atoms with van der Waals surface area (Å²) in [5, 5.41) is 4.68. The lowest BCUT2D eigenvalue weighted by atomic mass is 10.1. The maximum atomic E-state index is 5.81. The SMILES string of the molecule is Cc1ccc(OCCc2ncc(CNC3CC3)s2)cc1C. The molecule has 0 amide bonds. The quantitative estimate of drug-likeness (QED) is 0.848. The second-order valence-electron chi connectivity index (χ2n) is 5.72. The first-order valence-electron chi connectivity index (χ1n) is 7.58. The first-order valence-corrected chi connectivity index (χ1v) is 8.39. The Bertz CT molecular complexity index is 605. The van der Waals surface area contributed by atoms with Crippen molar-refractivity contribution in [3.63, 3.8) is 0 Å². The second kappa shape index (κ2) is 6.58. The van der Waals surface area contributed by atoms with Crippen LogP contribution in [-0.4, -0.2) is 17.6 Å². The molecule has 1 aliphatic rings. The summed E-state index contributed by atoms with van der Waals surface area (Å²) < 4.78 is 5.81. The van der Waals surface area contributed by atoms with E-state index in [-0.39, 0.29) is 0 Å². The van der Waals surface area contributed by atoms with Gasteiger partial charge in [0, 0.05) is 30.1 Å². The van der Waals surface area contributed by atoms with Gasteiger partial charge in [-0.15, -0.1) is 11.3 Å². The number of nitrogens with one attached hydrogen (secondary N) is 1. The highest BCUT2D eigenvalue weighted by molar-refractivity contribution is 7.11. The fourth-order valence-corrected chi connectivity index (χ4v) is 2.99. The van der Waals surface area contributed by atoms with Crippen LogP contribution in [0.5, 0.6) is 5.75 Å². The van der Waals surface area contributed by atoms with Crippen molar-refractivity contribution in [2.45, 2.75) is 45.7 Å². The molecule has 0 spiro atoms. The third-order valence-corrected chi connectivity index (χ3v) is 4.86. The summed E-state index contributed by atoms with van der Waals surface area (Å²) in [6.07, 6.45) is 5.53. The third kappa shape index (κ3) is 4.29. The zero-order valence-electron chi connectivity index (χ0n) is 12.7. The van der Waals surface area contributed by atoms with Gasteiger partial charge in [-0.25, -0.2) is 4.98 Å². The van der Waals surface area contributed by atoms with Crippen LogP contribution in [0.3, 0.4) is 0 Å². The molecule has 0 radical (unpaired) electrons. The number of ether oxygens (including phenoxy) is 1. The Morgan fingerprint density at radius 2 is 2.14 bits per heavy atom. The number of aromatic nitrogens is 1. The highest BCUT2D eigenvalue weighted by Gasteiger charge is 2.20. The Morgan fingerprint density at radius 3 is 2.90 bits per heavy atom. The third-order valence-electron chi connectivity index (χ3n) is 3.81. The fourth-order valence-electron chi connectivity index (χ4n) is 2.14. The normalized spacial score (nSPS) is 14.4. The summed E-state index contributed by atoms with van der Waals surface area (Å²) >= 11 is 1.79. The number of thiazole rings is 1. The lowest BCUT2D eigenvalue weighted by Gasteiger charge is -2.07. The van der Waals surface area contributed by atoms with Crippen LogP contribution in [-0.2, 0) is 13.0 Å². The number of hydrogen-bond donors (Lipinski definition) is 1. The highest BCUT2D eigenvalue weighted by Crippen LogP contribution is 2.21. The van der Waals surface area contributed by atoms with E-state index in [0.717, 1.165) is 29.8 Å². The molecule has 0 unspecified atom stereocenters. The molecule has 3 nitrogen and oxygen atoms in total. The Labute approximate surface area is 130 Å². The smallest absolute Gasteiger partial charge is 0.119 e. The standard InChI is InChI=1S/C17H22N2OS/c1-12-3-6-15(9-13(12)2)20-8-7-17-19-11-16(21-17)10-18-14-4-5-14/h3,6,9,11,14,18H,4-5,7-8,10H2,1-2H3. The van der Waals surface area contributed by atoms with Gasteiger partial charge in [-0.05, 0) is 49.9 Å². The Balaban J connectivity index is 1.44. The van der Waals surface area contributed by atoms with E-state index < -0.39 is 0 Å². The molecule has 1 saturated carbocycles. The van der Waals surface area contributed by atoms with Gasteiger partial charge in [0.05, 0.1) is 11.6 Å². The molecule has 1 aromatic heterocycles. The number of hydrogen-bond acceptors (Lipinski definition) is 4. The molecule has 1 aromatic carbocycles. The summed E-state index contributed by atoms with van der Waals surface area (Å²) in [7, 11) is 0. The minimum absolute atomic E-state index is 0.686. The zero-order chi connectivity index (χ0) is 14.7. The van der Waals surface area contributed by atoms with Gasteiger partial charge >= 0.3 is 0 Å². The van der Waals surface area contributed by atoms with Crippen molar-refractivity contribution < 1.29 is 4.74 Å². The van der Waals surface area contributed by atoms with E-state index in [1.54, 1.807) is 11.3 Å². The summed E-state index contributed by atoms with van der Waals surface area (Å²) in [6.45, 7) is 5.87. The minimum Gasteiger partial charge on any atom is -0.493 e. The average Bonchev–Trinajstić information content (AvgIpc) is 3.20. The van der Waals surface area contributed by atoms with Gasteiger partial charge < -0.3 is 10.1 Å². The summed E-state index contributed by atoms with van der Waals surface area (Å²) in [5.74, 6) is 0.949. The first-order chi connectivity index (χ1) is 10.2. The number of rotatable bonds is 7. The Hall–Kier alpha value is -1.39. The number of nitrogens with zero attached hydrogens (tertiary/aromatic N) is 1. The van der Waals surface area contributed by atoms with Gasteiger partial charge in [0.1, 0.15) is 5.75 Å². The summed E-state index contributed by atoms with van der Waals surface area (Å²) in [4.78, 5) is 5.80. The van der Waals surface area contributed by atoms with Crippen molar-refractivity contribution in [3.05, 3.63) is 45.4 Å². The van der Waals surface area contributed by atoms with E-state index in [2.05, 4.69) is 36.3 Å². The van der Waals surface area contributed by atoms with Gasteiger partial charge in [0.25, 0.3) is 0 Å². The van der Waals surface area contributed by atoms with Crippen LogP contribution >= 0.6 is 11.3 Å². The molecule has 1 aliphatic carbocycles. The lowest BCUT2D eigenvalue weighted by molar-refractivity contribution is 0.321. The van der Waals surface area contributed by atoms with Crippen molar-refractivity contribution >= 4 is 11.3 Å². The van der Waals surface area contributed by atoms with E-state index in [9.17, 15) is 0 Å². The summed E-state index contributed by atoms with van der Waals surface area (Å²) in [5.41, 5.74) is 2.57. The molecule has 0 saturated heterocycles. The predicted molar refractivity (Wildman–Crippen MR) is 87.1 cm³/mol. The van der Waals surface area contributed by atoms with Crippen molar-refractivity contribution in [3.8, 4) is 5.75 Å². The zero-order valence-corrected chi connectivity index (χ0v) is 13.5. The first kappa shape index (κ1) is 14.5. The molecule has 0 atom stereocenters. The van der Waals surface area contributed by atoms with Crippen LogP contribution in [0.1, 0.15) is 33.9 Å². The summed E-state index contributed by atoms with van der Waals surface area (Å²) in [6, 6.07) is 7.00. The molecule has 112 valence electrons. The number of benzene rings is 1. The molecule has 4 heteroatoms. The topological polar surface area (TPSA) is 34.1 Å². The number of aryl methyl sites for hydroxylation is 2. The van der Waals surface area contributed by atoms with Crippen LogP contribution in [0.2, 0.25) is 0 Å². The van der Waals surface area contributed by atoms with Crippen molar-refractivity contribution in [2.24, 2.45) is 0 Å². The molecular weight excluding hydrogens is 280 g/mol. The molecule has 2 aromatic rings. The molecule has 0 aliphatic heterocycles. The lowest BCUT2D eigenvalue weighted by Crippen LogP contribution is -2.14. The predicted octanol–water partition coefficient (Wildman–Crippen LogP) is 3.63. The van der Waals surface area contributed by atoms with Crippen LogP contribution in [0.4, 0.5) is 0 Å². The molecule has 1 N–H and O–H groups in total. The van der Waals surface area contributed by atoms with Crippen LogP contribution < -0.4 is 10.1 Å². The maximum absolute atomic E-state index is 5.81. The van der Waals surface area contributed by atoms with Crippen LogP contribution in [0.25, 0.3) is 0 Å². The van der Waals surface area contributed by atoms with Crippen LogP contribution in [0, 0.1) is 13.8 Å². The van der Waals surface area contributed by atoms with E-state index in [0.29, 0.717) is 6.61 Å². The molecule has 0 bridgehead atoms. The largest absolute Gasteiger partial charge is 0.493 e. The van der Waals surface area contributed by atoms with Gasteiger partial charge in [-0.2, -0.15) is 0 Å². The van der Waals surface area contributed by atoms with Gasteiger partial charge in [-0.1, -0.05) is 6.07 Å². The second-order valence-corrected chi connectivity index (χ2v) is 6.92. The monoisotopic (exact) mass is 302 g/mol. The van der Waals surface area contributed by atoms with E-state index >= 15 is 0 Å². The maximum Gasteiger partial charge on any atom is 0.119 e. The molecule has 1 heterocycles. The van der Waals surface area contributed by atoms with Gasteiger partial charge in [-0.3, -0.25) is 0 Å². The fraction of sp³-hybridized carbons (Fsp3) is 0.471. The molecule has 1 fully saturated rings. The average molecular weight is 302 g/mol. The van der Waals surface area contributed by atoms with Gasteiger partial charge in [0.2, 0.25) is 0 Å². The van der Waals surface area contributed by atoms with Crippen LogP contribution in [0.15, 0.2) is 24.4 Å². The Kier molecular flexibility index (Phi) is 4.56. The van der Waals surface area contributed by atoms with Gasteiger partial charge in [0.15, 0.2) is 0 Å². The van der Waals surface area contributed by atoms with E-state index in [1.807, 2.05) is 12.3 Å². The van der Waals surface area contributed by atoms with Crippen molar-refractivity contribution in [1.29, 1.82) is 0 Å². The molecular formula is C17H22N2OS. The highest BCUT2D eigenvalue weighted by atomic mass is 32.1. The van der Waals surface area contributed by atoms with E-state index in [4.69, 9.17) is 4.74 Å².